The van der Waals surface area contributed by atoms with Crippen molar-refractivity contribution in [2.45, 2.75) is 39.3 Å². The highest BCUT2D eigenvalue weighted by molar-refractivity contribution is 5.73. The Balaban J connectivity index is 2.66. The lowest BCUT2D eigenvalue weighted by atomic mass is 10.2. The zero-order valence-corrected chi connectivity index (χ0v) is 9.84. The van der Waals surface area contributed by atoms with Crippen molar-refractivity contribution < 1.29 is 9.90 Å². The van der Waals surface area contributed by atoms with E-state index in [0.29, 0.717) is 13.1 Å². The molecule has 0 aliphatic carbocycles. The van der Waals surface area contributed by atoms with Crippen LogP contribution < -0.4 is 5.32 Å². The van der Waals surface area contributed by atoms with Gasteiger partial charge in [0.15, 0.2) is 5.82 Å². The smallest absolute Gasteiger partial charge is 0.322 e. The van der Waals surface area contributed by atoms with Gasteiger partial charge in [-0.05, 0) is 6.54 Å². The highest BCUT2D eigenvalue weighted by Gasteiger charge is 2.17. The maximum atomic E-state index is 10.9. The van der Waals surface area contributed by atoms with Crippen LogP contribution in [0.15, 0.2) is 6.33 Å². The van der Waals surface area contributed by atoms with Crippen molar-refractivity contribution in [3.05, 3.63) is 12.2 Å². The maximum absolute atomic E-state index is 10.9. The summed E-state index contributed by atoms with van der Waals surface area (Å²) in [4.78, 5) is 15.0. The molecule has 6 nitrogen and oxygen atoms in total. The molecule has 1 rings (SSSR count). The maximum Gasteiger partial charge on any atom is 0.322 e. The molecule has 90 valence electrons. The first-order valence-electron chi connectivity index (χ1n) is 5.40. The summed E-state index contributed by atoms with van der Waals surface area (Å²) in [5.74, 6) is 0.118. The molecule has 1 aromatic heterocycles. The Kier molecular flexibility index (Phi) is 4.42. The van der Waals surface area contributed by atoms with Crippen LogP contribution in [0.25, 0.3) is 0 Å². The molecule has 0 fully saturated rings. The number of nitrogens with one attached hydrogen (secondary N) is 1. The van der Waals surface area contributed by atoms with E-state index in [0.717, 1.165) is 5.82 Å². The molecule has 1 aromatic rings. The summed E-state index contributed by atoms with van der Waals surface area (Å²) in [5, 5.41) is 16.1. The summed E-state index contributed by atoms with van der Waals surface area (Å²) in [5.41, 5.74) is 0. The van der Waals surface area contributed by atoms with E-state index in [9.17, 15) is 4.79 Å². The minimum atomic E-state index is -0.872. The molecule has 1 unspecified atom stereocenters. The van der Waals surface area contributed by atoms with Gasteiger partial charge < -0.3 is 10.4 Å². The predicted molar refractivity (Wildman–Crippen MR) is 59.2 cm³/mol. The molecular formula is C10H18N4O2. The standard InChI is InChI=1S/C10H18N4O2/c1-4-11-8(10(15)16)5-14-6-12-9(13-14)7(2)3/h6-8,11H,4-5H2,1-3H3,(H,15,16). The highest BCUT2D eigenvalue weighted by atomic mass is 16.4. The average molecular weight is 226 g/mol. The second-order valence-corrected chi connectivity index (χ2v) is 3.93. The van der Waals surface area contributed by atoms with Gasteiger partial charge in [0, 0.05) is 5.92 Å². The van der Waals surface area contributed by atoms with Crippen molar-refractivity contribution in [1.82, 2.24) is 20.1 Å². The monoisotopic (exact) mass is 226 g/mol. The van der Waals surface area contributed by atoms with Crippen LogP contribution in [0.5, 0.6) is 0 Å². The van der Waals surface area contributed by atoms with Gasteiger partial charge >= 0.3 is 5.97 Å². The summed E-state index contributed by atoms with van der Waals surface area (Å²) < 4.78 is 1.57. The third kappa shape index (κ3) is 3.30. The van der Waals surface area contributed by atoms with E-state index in [2.05, 4.69) is 15.4 Å². The van der Waals surface area contributed by atoms with E-state index in [1.807, 2.05) is 20.8 Å². The molecule has 1 atom stereocenters. The Labute approximate surface area is 94.7 Å². The minimum Gasteiger partial charge on any atom is -0.480 e. The van der Waals surface area contributed by atoms with Gasteiger partial charge in [-0.15, -0.1) is 0 Å². The van der Waals surface area contributed by atoms with Crippen LogP contribution in [0.4, 0.5) is 0 Å². The molecule has 6 heteroatoms. The lowest BCUT2D eigenvalue weighted by Gasteiger charge is -2.12. The van der Waals surface area contributed by atoms with Crippen LogP contribution in [-0.4, -0.2) is 38.4 Å². The summed E-state index contributed by atoms with van der Waals surface area (Å²) in [7, 11) is 0. The molecule has 1 heterocycles. The fourth-order valence-electron chi connectivity index (χ4n) is 1.32. The van der Waals surface area contributed by atoms with Crippen molar-refractivity contribution in [1.29, 1.82) is 0 Å². The van der Waals surface area contributed by atoms with Gasteiger partial charge in [0.05, 0.1) is 6.54 Å². The van der Waals surface area contributed by atoms with E-state index >= 15 is 0 Å². The number of aliphatic carboxylic acids is 1. The molecule has 16 heavy (non-hydrogen) atoms. The van der Waals surface area contributed by atoms with Crippen LogP contribution in [-0.2, 0) is 11.3 Å². The lowest BCUT2D eigenvalue weighted by Crippen LogP contribution is -2.40. The van der Waals surface area contributed by atoms with E-state index in [4.69, 9.17) is 5.11 Å². The zero-order chi connectivity index (χ0) is 12.1. The first-order chi connectivity index (χ1) is 7.54. The van der Waals surface area contributed by atoms with Crippen LogP contribution >= 0.6 is 0 Å². The van der Waals surface area contributed by atoms with Crippen LogP contribution in [0.3, 0.4) is 0 Å². The highest BCUT2D eigenvalue weighted by Crippen LogP contribution is 2.06. The molecule has 0 aliphatic heterocycles. The molecular weight excluding hydrogens is 208 g/mol. The molecule has 2 N–H and O–H groups in total. The Bertz CT molecular complexity index is 348. The second-order valence-electron chi connectivity index (χ2n) is 3.93. The molecule has 0 radical (unpaired) electrons. The number of carbonyl (C=O) groups is 1. The topological polar surface area (TPSA) is 80.0 Å². The average Bonchev–Trinajstić information content (AvgIpc) is 2.65. The Morgan fingerprint density at radius 1 is 1.62 bits per heavy atom. The lowest BCUT2D eigenvalue weighted by molar-refractivity contribution is -0.139. The number of hydrogen-bond donors (Lipinski definition) is 2. The number of likely N-dealkylation sites (N-methyl/N-ethyl adjacent to an activating group) is 1. The van der Waals surface area contributed by atoms with Crippen LogP contribution in [0, 0.1) is 0 Å². The third-order valence-corrected chi connectivity index (χ3v) is 2.19. The van der Waals surface area contributed by atoms with Crippen molar-refractivity contribution >= 4 is 5.97 Å². The SMILES string of the molecule is CCNC(Cn1cnc(C(C)C)n1)C(=O)O. The van der Waals surface area contributed by atoms with Gasteiger partial charge in [-0.3, -0.25) is 9.48 Å². The van der Waals surface area contributed by atoms with Crippen LogP contribution in [0.1, 0.15) is 32.5 Å². The third-order valence-electron chi connectivity index (χ3n) is 2.19. The fraction of sp³-hybridized carbons (Fsp3) is 0.700. The number of nitrogens with zero attached hydrogens (tertiary/aromatic N) is 3. The first-order valence-corrected chi connectivity index (χ1v) is 5.40. The Morgan fingerprint density at radius 3 is 2.75 bits per heavy atom. The first kappa shape index (κ1) is 12.6. The summed E-state index contributed by atoms with van der Waals surface area (Å²) in [6.07, 6.45) is 1.57. The Hall–Kier alpha value is -1.43. The summed E-state index contributed by atoms with van der Waals surface area (Å²) in [6.45, 7) is 6.78. The Morgan fingerprint density at radius 2 is 2.31 bits per heavy atom. The van der Waals surface area contributed by atoms with Gasteiger partial charge in [0.2, 0.25) is 0 Å². The van der Waals surface area contributed by atoms with Gasteiger partial charge in [0.25, 0.3) is 0 Å². The predicted octanol–water partition coefficient (Wildman–Crippen LogP) is 0.464. The van der Waals surface area contributed by atoms with E-state index in [-0.39, 0.29) is 5.92 Å². The summed E-state index contributed by atoms with van der Waals surface area (Å²) in [6, 6.07) is -0.619. The van der Waals surface area contributed by atoms with Crippen LogP contribution in [0.2, 0.25) is 0 Å². The van der Waals surface area contributed by atoms with Gasteiger partial charge in [0.1, 0.15) is 12.4 Å². The molecule has 0 aromatic carbocycles. The molecule has 0 bridgehead atoms. The second kappa shape index (κ2) is 5.60. The van der Waals surface area contributed by atoms with Crippen molar-refractivity contribution in [3.63, 3.8) is 0 Å². The number of carboxylic acid groups (broad SMARTS) is 1. The van der Waals surface area contributed by atoms with Gasteiger partial charge in [-0.2, -0.15) is 5.10 Å². The molecule has 0 amide bonds. The number of rotatable bonds is 6. The number of aromatic nitrogens is 3. The van der Waals surface area contributed by atoms with E-state index in [1.54, 1.807) is 11.0 Å². The number of hydrogen-bond acceptors (Lipinski definition) is 4. The normalized spacial score (nSPS) is 13.0. The number of carboxylic acids is 1. The molecule has 0 saturated heterocycles. The van der Waals surface area contributed by atoms with Crippen molar-refractivity contribution in [3.8, 4) is 0 Å². The van der Waals surface area contributed by atoms with Gasteiger partial charge in [-0.25, -0.2) is 4.98 Å². The largest absolute Gasteiger partial charge is 0.480 e. The quantitative estimate of drug-likeness (QED) is 0.736. The summed E-state index contributed by atoms with van der Waals surface area (Å²) >= 11 is 0. The van der Waals surface area contributed by atoms with E-state index < -0.39 is 12.0 Å². The zero-order valence-electron chi connectivity index (χ0n) is 9.84. The van der Waals surface area contributed by atoms with Crippen molar-refractivity contribution in [2.24, 2.45) is 0 Å². The van der Waals surface area contributed by atoms with E-state index in [1.165, 1.54) is 0 Å². The fourth-order valence-corrected chi connectivity index (χ4v) is 1.32. The molecule has 0 aliphatic rings. The molecule has 0 saturated carbocycles. The van der Waals surface area contributed by atoms with Crippen molar-refractivity contribution in [2.75, 3.05) is 6.54 Å². The van der Waals surface area contributed by atoms with Gasteiger partial charge in [-0.1, -0.05) is 20.8 Å². The minimum absolute atomic E-state index is 0.253. The molecule has 0 spiro atoms.